The Labute approximate surface area is 121 Å². The van der Waals surface area contributed by atoms with Crippen LogP contribution in [0.5, 0.6) is 0 Å². The number of aromatic amines is 1. The maximum absolute atomic E-state index is 12.5. The number of rotatable bonds is 3. The molecule has 0 aliphatic heterocycles. The van der Waals surface area contributed by atoms with Gasteiger partial charge < -0.3 is 4.98 Å². The summed E-state index contributed by atoms with van der Waals surface area (Å²) in [5, 5.41) is 13.1. The van der Waals surface area contributed by atoms with Crippen molar-refractivity contribution < 1.29 is 0 Å². The Hall–Kier alpha value is -2.87. The molecule has 104 valence electrons. The number of H-pyrrole nitrogens is 1. The summed E-state index contributed by atoms with van der Waals surface area (Å²) in [4.78, 5) is 15.7. The Morgan fingerprint density at radius 2 is 2.10 bits per heavy atom. The molecule has 0 saturated heterocycles. The van der Waals surface area contributed by atoms with Crippen molar-refractivity contribution in [1.82, 2.24) is 14.6 Å². The van der Waals surface area contributed by atoms with Crippen molar-refractivity contribution in [3.63, 3.8) is 0 Å². The number of nitrogens with one attached hydrogen (secondary N) is 1. The van der Waals surface area contributed by atoms with Gasteiger partial charge in [-0.1, -0.05) is 37.3 Å². The molecule has 0 aliphatic carbocycles. The van der Waals surface area contributed by atoms with E-state index >= 15 is 0 Å². The molecule has 1 aromatic carbocycles. The van der Waals surface area contributed by atoms with Crippen molar-refractivity contribution in [2.24, 2.45) is 0 Å². The average Bonchev–Trinajstić information content (AvgIpc) is 2.92. The van der Waals surface area contributed by atoms with E-state index in [-0.39, 0.29) is 5.56 Å². The van der Waals surface area contributed by atoms with Gasteiger partial charge in [0, 0.05) is 17.7 Å². The summed E-state index contributed by atoms with van der Waals surface area (Å²) in [6, 6.07) is 12.0. The molecule has 0 amide bonds. The number of fused-ring (bicyclic) bond motifs is 1. The number of nitrogens with zero attached hydrogens (tertiary/aromatic N) is 3. The normalized spacial score (nSPS) is 10.7. The van der Waals surface area contributed by atoms with Crippen LogP contribution in [0.15, 0.2) is 41.3 Å². The number of aromatic nitrogens is 3. The van der Waals surface area contributed by atoms with Crippen LogP contribution in [-0.4, -0.2) is 14.6 Å². The first-order valence-electron chi connectivity index (χ1n) is 6.80. The molecular formula is C16H14N4O. The van der Waals surface area contributed by atoms with Crippen LogP contribution < -0.4 is 5.56 Å². The van der Waals surface area contributed by atoms with Gasteiger partial charge in [0.1, 0.15) is 11.6 Å². The van der Waals surface area contributed by atoms with Crippen LogP contribution in [0, 0.1) is 11.3 Å². The van der Waals surface area contributed by atoms with Crippen molar-refractivity contribution in [2.75, 3.05) is 0 Å². The molecule has 1 N–H and O–H groups in total. The molecule has 0 saturated carbocycles. The molecule has 3 aromatic rings. The van der Waals surface area contributed by atoms with Crippen LogP contribution in [0.1, 0.15) is 29.3 Å². The van der Waals surface area contributed by atoms with Gasteiger partial charge in [-0.25, -0.2) is 0 Å². The third-order valence-corrected chi connectivity index (χ3v) is 3.55. The van der Waals surface area contributed by atoms with E-state index < -0.39 is 0 Å². The fourth-order valence-electron chi connectivity index (χ4n) is 2.50. The summed E-state index contributed by atoms with van der Waals surface area (Å²) in [5.74, 6) is 0. The van der Waals surface area contributed by atoms with Gasteiger partial charge in [-0.05, 0) is 12.0 Å². The van der Waals surface area contributed by atoms with Crippen molar-refractivity contribution in [2.45, 2.75) is 19.8 Å². The van der Waals surface area contributed by atoms with Crippen LogP contribution >= 0.6 is 0 Å². The molecule has 3 rings (SSSR count). The predicted octanol–water partition coefficient (Wildman–Crippen LogP) is 2.05. The molecule has 5 heteroatoms. The van der Waals surface area contributed by atoms with Crippen LogP contribution in [-0.2, 0) is 12.8 Å². The van der Waals surface area contributed by atoms with Crippen LogP contribution in [0.25, 0.3) is 5.65 Å². The Morgan fingerprint density at radius 3 is 2.76 bits per heavy atom. The Bertz CT molecular complexity index is 884. The van der Waals surface area contributed by atoms with Crippen LogP contribution in [0.2, 0.25) is 0 Å². The highest BCUT2D eigenvalue weighted by atomic mass is 16.1. The van der Waals surface area contributed by atoms with Gasteiger partial charge in [0.15, 0.2) is 5.65 Å². The standard InChI is InChI=1S/C16H14N4O/c1-2-13-14(8-11-6-4-3-5-7-11)19-15-12(9-17)10-18-20(15)16(13)21/h3-7,10,19H,2,8H2,1H3. The smallest absolute Gasteiger partial charge is 0.277 e. The molecule has 0 aliphatic rings. The van der Waals surface area contributed by atoms with E-state index in [0.717, 1.165) is 11.3 Å². The van der Waals surface area contributed by atoms with E-state index in [1.54, 1.807) is 0 Å². The SMILES string of the molecule is CCc1c(Cc2ccccc2)[nH]c2c(C#N)cnn2c1=O. The summed E-state index contributed by atoms with van der Waals surface area (Å²) in [6.07, 6.45) is 2.67. The number of benzene rings is 1. The van der Waals surface area contributed by atoms with Gasteiger partial charge in [0.25, 0.3) is 5.56 Å². The minimum atomic E-state index is -0.154. The first-order valence-corrected chi connectivity index (χ1v) is 6.80. The van der Waals surface area contributed by atoms with E-state index in [1.165, 1.54) is 10.7 Å². The van der Waals surface area contributed by atoms with E-state index in [0.29, 0.717) is 29.6 Å². The molecule has 0 unspecified atom stereocenters. The molecule has 0 fully saturated rings. The molecule has 0 bridgehead atoms. The molecule has 21 heavy (non-hydrogen) atoms. The molecular weight excluding hydrogens is 264 g/mol. The second-order valence-corrected chi connectivity index (χ2v) is 4.83. The number of hydrogen-bond donors (Lipinski definition) is 1. The Kier molecular flexibility index (Phi) is 3.28. The quantitative estimate of drug-likeness (QED) is 0.796. The second kappa shape index (κ2) is 5.25. The number of nitriles is 1. The Morgan fingerprint density at radius 1 is 1.33 bits per heavy atom. The topological polar surface area (TPSA) is 73.9 Å². The highest BCUT2D eigenvalue weighted by Crippen LogP contribution is 2.13. The summed E-state index contributed by atoms with van der Waals surface area (Å²) in [5.41, 5.74) is 3.36. The minimum Gasteiger partial charge on any atom is -0.342 e. The maximum Gasteiger partial charge on any atom is 0.277 e. The lowest BCUT2D eigenvalue weighted by Crippen LogP contribution is -2.22. The summed E-state index contributed by atoms with van der Waals surface area (Å²) in [7, 11) is 0. The third kappa shape index (κ3) is 2.21. The fourth-order valence-corrected chi connectivity index (χ4v) is 2.50. The third-order valence-electron chi connectivity index (χ3n) is 3.55. The lowest BCUT2D eigenvalue weighted by atomic mass is 10.0. The second-order valence-electron chi connectivity index (χ2n) is 4.83. The largest absolute Gasteiger partial charge is 0.342 e. The molecule has 5 nitrogen and oxygen atoms in total. The van der Waals surface area contributed by atoms with Gasteiger partial charge in [0.2, 0.25) is 0 Å². The first kappa shape index (κ1) is 13.1. The van der Waals surface area contributed by atoms with Gasteiger partial charge in [-0.15, -0.1) is 0 Å². The lowest BCUT2D eigenvalue weighted by Gasteiger charge is -2.09. The minimum absolute atomic E-state index is 0.154. The zero-order chi connectivity index (χ0) is 14.8. The van der Waals surface area contributed by atoms with Crippen LogP contribution in [0.4, 0.5) is 0 Å². The maximum atomic E-state index is 12.5. The van der Waals surface area contributed by atoms with E-state index in [1.807, 2.05) is 37.3 Å². The lowest BCUT2D eigenvalue weighted by molar-refractivity contribution is 0.841. The highest BCUT2D eigenvalue weighted by molar-refractivity contribution is 5.54. The fraction of sp³-hybridized carbons (Fsp3) is 0.188. The van der Waals surface area contributed by atoms with Gasteiger partial charge in [-0.2, -0.15) is 14.9 Å². The van der Waals surface area contributed by atoms with Gasteiger partial charge in [-0.3, -0.25) is 4.79 Å². The molecule has 0 atom stereocenters. The van der Waals surface area contributed by atoms with E-state index in [4.69, 9.17) is 5.26 Å². The van der Waals surface area contributed by atoms with Crippen molar-refractivity contribution in [3.8, 4) is 6.07 Å². The molecule has 2 aromatic heterocycles. The summed E-state index contributed by atoms with van der Waals surface area (Å²) < 4.78 is 1.27. The van der Waals surface area contributed by atoms with Gasteiger partial charge >= 0.3 is 0 Å². The molecule has 0 radical (unpaired) electrons. The van der Waals surface area contributed by atoms with Crippen molar-refractivity contribution in [3.05, 3.63) is 69.3 Å². The van der Waals surface area contributed by atoms with Gasteiger partial charge in [0.05, 0.1) is 6.20 Å². The zero-order valence-corrected chi connectivity index (χ0v) is 11.6. The highest BCUT2D eigenvalue weighted by Gasteiger charge is 2.14. The van der Waals surface area contributed by atoms with E-state index in [9.17, 15) is 4.79 Å². The van der Waals surface area contributed by atoms with Crippen molar-refractivity contribution in [1.29, 1.82) is 5.26 Å². The van der Waals surface area contributed by atoms with Crippen molar-refractivity contribution >= 4 is 5.65 Å². The van der Waals surface area contributed by atoms with E-state index in [2.05, 4.69) is 16.2 Å². The number of hydrogen-bond acceptors (Lipinski definition) is 3. The summed E-state index contributed by atoms with van der Waals surface area (Å²) >= 11 is 0. The monoisotopic (exact) mass is 278 g/mol. The first-order chi connectivity index (χ1) is 10.2. The molecule has 2 heterocycles. The average molecular weight is 278 g/mol. The van der Waals surface area contributed by atoms with Crippen LogP contribution in [0.3, 0.4) is 0 Å². The predicted molar refractivity (Wildman–Crippen MR) is 79.2 cm³/mol. The summed E-state index contributed by atoms with van der Waals surface area (Å²) in [6.45, 7) is 1.94. The Balaban J connectivity index is 2.21. The molecule has 0 spiro atoms. The zero-order valence-electron chi connectivity index (χ0n) is 11.6.